The summed E-state index contributed by atoms with van der Waals surface area (Å²) in [5, 5.41) is 9.67. The molecule has 0 fully saturated rings. The van der Waals surface area contributed by atoms with E-state index in [0.717, 1.165) is 0 Å². The van der Waals surface area contributed by atoms with Crippen LogP contribution >= 0.6 is 0 Å². The smallest absolute Gasteiger partial charge is 0.351 e. The first kappa shape index (κ1) is 18.5. The molecule has 0 rings (SSSR count). The maximum atomic E-state index is 10.6. The first-order valence-corrected chi connectivity index (χ1v) is 5.21. The number of hydrogen-bond donors (Lipinski definition) is 1. The summed E-state index contributed by atoms with van der Waals surface area (Å²) in [6, 6.07) is 0. The van der Waals surface area contributed by atoms with E-state index in [4.69, 9.17) is 5.11 Å². The van der Waals surface area contributed by atoms with Crippen molar-refractivity contribution in [2.45, 2.75) is 13.8 Å². The lowest BCUT2D eigenvalue weighted by Crippen LogP contribution is -2.18. The molecule has 6 nitrogen and oxygen atoms in total. The largest absolute Gasteiger partial charge is 0.478 e. The van der Waals surface area contributed by atoms with Crippen LogP contribution in [0.1, 0.15) is 13.8 Å². The van der Waals surface area contributed by atoms with Crippen LogP contribution in [0.25, 0.3) is 0 Å². The van der Waals surface area contributed by atoms with E-state index in [1.807, 2.05) is 0 Å². The van der Waals surface area contributed by atoms with Crippen molar-refractivity contribution in [2.75, 3.05) is 28.2 Å². The van der Waals surface area contributed by atoms with Crippen molar-refractivity contribution in [3.63, 3.8) is 0 Å². The van der Waals surface area contributed by atoms with Gasteiger partial charge in [-0.15, -0.1) is 5.06 Å². The van der Waals surface area contributed by atoms with Crippen LogP contribution in [0.15, 0.2) is 23.9 Å². The van der Waals surface area contributed by atoms with Gasteiger partial charge in [0.25, 0.3) is 0 Å². The summed E-state index contributed by atoms with van der Waals surface area (Å²) in [6.07, 6.45) is 1.56. The van der Waals surface area contributed by atoms with E-state index in [2.05, 4.69) is 11.4 Å². The van der Waals surface area contributed by atoms with E-state index in [-0.39, 0.29) is 5.97 Å². The summed E-state index contributed by atoms with van der Waals surface area (Å²) in [5.74, 6) is -1.26. The minimum atomic E-state index is -0.872. The Kier molecular flexibility index (Phi) is 9.51. The molecule has 0 amide bonds. The zero-order chi connectivity index (χ0) is 14.9. The Bertz CT molecular complexity index is 333. The van der Waals surface area contributed by atoms with E-state index in [1.165, 1.54) is 5.06 Å². The standard InChI is InChI=1S/2C6H11NO2/c1-5(6(8)9)4-7(2)3;1-5(2)6(8)9-7(3)4/h4H,1-3H3,(H,8,9);1H2,2-4H3. The van der Waals surface area contributed by atoms with Crippen molar-refractivity contribution in [1.82, 2.24) is 9.96 Å². The Balaban J connectivity index is 0. The van der Waals surface area contributed by atoms with Crippen LogP contribution < -0.4 is 0 Å². The van der Waals surface area contributed by atoms with Gasteiger partial charge >= 0.3 is 11.9 Å². The molecule has 0 heterocycles. The molecule has 0 aromatic heterocycles. The highest BCUT2D eigenvalue weighted by Gasteiger charge is 2.02. The lowest BCUT2D eigenvalue weighted by molar-refractivity contribution is -0.172. The fourth-order valence-electron chi connectivity index (χ4n) is 0.686. The number of hydroxylamine groups is 2. The molecule has 0 aromatic rings. The fourth-order valence-corrected chi connectivity index (χ4v) is 0.686. The number of carboxylic acid groups (broad SMARTS) is 1. The summed E-state index contributed by atoms with van der Waals surface area (Å²) >= 11 is 0. The second-order valence-electron chi connectivity index (χ2n) is 4.05. The number of hydrogen-bond acceptors (Lipinski definition) is 5. The number of rotatable bonds is 4. The molecule has 0 radical (unpaired) electrons. The first-order chi connectivity index (χ1) is 8.07. The molecule has 1 N–H and O–H groups in total. The van der Waals surface area contributed by atoms with Crippen LogP contribution in [0.3, 0.4) is 0 Å². The third kappa shape index (κ3) is 12.3. The van der Waals surface area contributed by atoms with Gasteiger partial charge < -0.3 is 14.8 Å². The molecule has 0 bridgehead atoms. The van der Waals surface area contributed by atoms with Gasteiger partial charge in [0, 0.05) is 45.5 Å². The second-order valence-corrected chi connectivity index (χ2v) is 4.05. The van der Waals surface area contributed by atoms with E-state index < -0.39 is 5.97 Å². The fraction of sp³-hybridized carbons (Fsp3) is 0.500. The van der Waals surface area contributed by atoms with Crippen LogP contribution in [0.5, 0.6) is 0 Å². The zero-order valence-corrected chi connectivity index (χ0v) is 11.9. The lowest BCUT2D eigenvalue weighted by atomic mass is 10.3. The lowest BCUT2D eigenvalue weighted by Gasteiger charge is -2.08. The molecule has 0 aliphatic carbocycles. The minimum Gasteiger partial charge on any atom is -0.478 e. The van der Waals surface area contributed by atoms with Crippen LogP contribution in [0.4, 0.5) is 0 Å². The predicted octanol–water partition coefficient (Wildman–Crippen LogP) is 1.12. The Morgan fingerprint density at radius 2 is 1.61 bits per heavy atom. The van der Waals surface area contributed by atoms with Gasteiger partial charge in [0.2, 0.25) is 0 Å². The highest BCUT2D eigenvalue weighted by molar-refractivity contribution is 5.86. The van der Waals surface area contributed by atoms with Gasteiger partial charge in [-0.3, -0.25) is 0 Å². The summed E-state index contributed by atoms with van der Waals surface area (Å²) in [6.45, 7) is 6.57. The molecule has 6 heteroatoms. The Hall–Kier alpha value is -1.82. The number of aliphatic carboxylic acids is 1. The molecular formula is C12H22N2O4. The van der Waals surface area contributed by atoms with E-state index >= 15 is 0 Å². The van der Waals surface area contributed by atoms with E-state index in [0.29, 0.717) is 11.1 Å². The molecule has 18 heavy (non-hydrogen) atoms. The molecule has 0 aromatic carbocycles. The average Bonchev–Trinajstić information content (AvgIpc) is 2.16. The number of carboxylic acids is 1. The van der Waals surface area contributed by atoms with Crippen LogP contribution in [0.2, 0.25) is 0 Å². The number of carbonyl (C=O) groups is 2. The van der Waals surface area contributed by atoms with Gasteiger partial charge in [0.05, 0.1) is 0 Å². The summed E-state index contributed by atoms with van der Waals surface area (Å²) in [5.41, 5.74) is 0.753. The minimum absolute atomic E-state index is 0.347. The van der Waals surface area contributed by atoms with Gasteiger partial charge in [-0.25, -0.2) is 9.59 Å². The highest BCUT2D eigenvalue weighted by atomic mass is 16.7. The average molecular weight is 258 g/mol. The monoisotopic (exact) mass is 258 g/mol. The highest BCUT2D eigenvalue weighted by Crippen LogP contribution is 1.92. The Labute approximate surface area is 108 Å². The third-order valence-corrected chi connectivity index (χ3v) is 1.40. The van der Waals surface area contributed by atoms with E-state index in [1.54, 1.807) is 53.1 Å². The van der Waals surface area contributed by atoms with Crippen LogP contribution in [0, 0.1) is 0 Å². The molecular weight excluding hydrogens is 236 g/mol. The second kappa shape index (κ2) is 9.23. The van der Waals surface area contributed by atoms with Crippen molar-refractivity contribution in [2.24, 2.45) is 0 Å². The molecule has 0 saturated heterocycles. The maximum Gasteiger partial charge on any atom is 0.351 e. The molecule has 104 valence electrons. The van der Waals surface area contributed by atoms with Gasteiger partial charge in [0.1, 0.15) is 0 Å². The molecule has 0 aliphatic rings. The molecule has 0 atom stereocenters. The quantitative estimate of drug-likeness (QED) is 0.602. The zero-order valence-electron chi connectivity index (χ0n) is 11.9. The first-order valence-electron chi connectivity index (χ1n) is 5.21. The molecule has 0 aliphatic heterocycles. The molecule has 0 unspecified atom stereocenters. The van der Waals surface area contributed by atoms with Gasteiger partial charge in [0.15, 0.2) is 0 Å². The normalized spacial score (nSPS) is 10.3. The summed E-state index contributed by atoms with van der Waals surface area (Å²) < 4.78 is 0. The van der Waals surface area contributed by atoms with Crippen molar-refractivity contribution in [3.05, 3.63) is 23.9 Å². The van der Waals surface area contributed by atoms with Crippen molar-refractivity contribution >= 4 is 11.9 Å². The van der Waals surface area contributed by atoms with Gasteiger partial charge in [-0.1, -0.05) is 6.58 Å². The Morgan fingerprint density at radius 3 is 1.72 bits per heavy atom. The van der Waals surface area contributed by atoms with Gasteiger partial charge in [-0.2, -0.15) is 0 Å². The molecule has 0 saturated carbocycles. The van der Waals surface area contributed by atoms with Crippen LogP contribution in [-0.4, -0.2) is 55.2 Å². The third-order valence-electron chi connectivity index (χ3n) is 1.40. The van der Waals surface area contributed by atoms with E-state index in [9.17, 15) is 9.59 Å². The number of nitrogens with zero attached hydrogens (tertiary/aromatic N) is 2. The number of carbonyl (C=O) groups excluding carboxylic acids is 1. The topological polar surface area (TPSA) is 70.1 Å². The molecule has 0 spiro atoms. The van der Waals surface area contributed by atoms with Crippen molar-refractivity contribution < 1.29 is 19.5 Å². The van der Waals surface area contributed by atoms with Gasteiger partial charge in [-0.05, 0) is 13.8 Å². The SMILES string of the molecule is C=C(C)C(=O)ON(C)C.CC(=CN(C)C)C(=O)O. The Morgan fingerprint density at radius 1 is 1.17 bits per heavy atom. The van der Waals surface area contributed by atoms with Crippen LogP contribution in [-0.2, 0) is 14.4 Å². The van der Waals surface area contributed by atoms with Crippen molar-refractivity contribution in [3.8, 4) is 0 Å². The predicted molar refractivity (Wildman–Crippen MR) is 69.7 cm³/mol. The maximum absolute atomic E-state index is 10.6. The van der Waals surface area contributed by atoms with Crippen molar-refractivity contribution in [1.29, 1.82) is 0 Å². The summed E-state index contributed by atoms with van der Waals surface area (Å²) in [7, 11) is 6.85. The summed E-state index contributed by atoms with van der Waals surface area (Å²) in [4.78, 5) is 27.0.